The van der Waals surface area contributed by atoms with Crippen molar-refractivity contribution in [2.24, 2.45) is 0 Å². The molecule has 0 aliphatic heterocycles. The summed E-state index contributed by atoms with van der Waals surface area (Å²) in [6.45, 7) is 3.51. The fourth-order valence-corrected chi connectivity index (χ4v) is 2.31. The molecule has 2 N–H and O–H groups in total. The predicted molar refractivity (Wildman–Crippen MR) is 63.5 cm³/mol. The minimum absolute atomic E-state index is 0.136. The molecule has 0 aliphatic rings. The molecule has 86 valence electrons. The van der Waals surface area contributed by atoms with E-state index in [1.165, 1.54) is 5.56 Å². The van der Waals surface area contributed by atoms with Crippen molar-refractivity contribution in [2.45, 2.75) is 13.5 Å². The van der Waals surface area contributed by atoms with E-state index in [2.05, 4.69) is 15.4 Å². The van der Waals surface area contributed by atoms with Crippen molar-refractivity contribution in [1.82, 2.24) is 10.0 Å². The van der Waals surface area contributed by atoms with Crippen LogP contribution in [0.2, 0.25) is 0 Å². The summed E-state index contributed by atoms with van der Waals surface area (Å²) >= 11 is 1.66. The Bertz CT molecular complexity index is 359. The summed E-state index contributed by atoms with van der Waals surface area (Å²) in [5.41, 5.74) is 1.23. The molecule has 0 atom stereocenters. The third kappa shape index (κ3) is 5.27. The molecule has 1 rings (SSSR count). The monoisotopic (exact) mass is 248 g/mol. The zero-order valence-electron chi connectivity index (χ0n) is 8.69. The highest BCUT2D eigenvalue weighted by Crippen LogP contribution is 2.04. The van der Waals surface area contributed by atoms with Gasteiger partial charge in [-0.1, -0.05) is 0 Å². The Morgan fingerprint density at radius 3 is 2.80 bits per heavy atom. The topological polar surface area (TPSA) is 58.2 Å². The predicted octanol–water partition coefficient (Wildman–Crippen LogP) is 0.777. The van der Waals surface area contributed by atoms with E-state index in [0.29, 0.717) is 13.1 Å². The van der Waals surface area contributed by atoms with Crippen LogP contribution in [0.15, 0.2) is 16.8 Å². The maximum atomic E-state index is 11.1. The molecular weight excluding hydrogens is 232 g/mol. The van der Waals surface area contributed by atoms with Gasteiger partial charge in [0.05, 0.1) is 5.75 Å². The van der Waals surface area contributed by atoms with Gasteiger partial charge in [0.15, 0.2) is 0 Å². The van der Waals surface area contributed by atoms with Gasteiger partial charge in [-0.25, -0.2) is 13.1 Å². The van der Waals surface area contributed by atoms with Crippen LogP contribution in [-0.4, -0.2) is 27.3 Å². The minimum atomic E-state index is -3.04. The first-order valence-electron chi connectivity index (χ1n) is 4.83. The van der Waals surface area contributed by atoms with Crippen molar-refractivity contribution < 1.29 is 8.42 Å². The number of hydrogen-bond acceptors (Lipinski definition) is 4. The number of rotatable bonds is 7. The Labute approximate surface area is 94.8 Å². The number of sulfonamides is 1. The summed E-state index contributed by atoms with van der Waals surface area (Å²) in [4.78, 5) is 0. The summed E-state index contributed by atoms with van der Waals surface area (Å²) < 4.78 is 24.6. The van der Waals surface area contributed by atoms with E-state index in [9.17, 15) is 8.42 Å². The SMILES string of the molecule is CCS(=O)(=O)NCCNCc1ccsc1. The standard InChI is InChI=1S/C9H16N2O2S2/c1-2-15(12,13)11-5-4-10-7-9-3-6-14-8-9/h3,6,8,10-11H,2,4-5,7H2,1H3. The summed E-state index contributed by atoms with van der Waals surface area (Å²) in [6, 6.07) is 2.05. The maximum Gasteiger partial charge on any atom is 0.211 e. The number of thiophene rings is 1. The second-order valence-electron chi connectivity index (χ2n) is 3.11. The first-order valence-corrected chi connectivity index (χ1v) is 7.42. The van der Waals surface area contributed by atoms with Gasteiger partial charge < -0.3 is 5.32 Å². The van der Waals surface area contributed by atoms with Crippen molar-refractivity contribution in [1.29, 1.82) is 0 Å². The molecule has 0 spiro atoms. The Balaban J connectivity index is 2.08. The molecule has 1 heterocycles. The highest BCUT2D eigenvalue weighted by molar-refractivity contribution is 7.89. The largest absolute Gasteiger partial charge is 0.311 e. The normalized spacial score (nSPS) is 11.8. The quantitative estimate of drug-likeness (QED) is 0.701. The molecule has 0 amide bonds. The van der Waals surface area contributed by atoms with Gasteiger partial charge in [-0.05, 0) is 29.3 Å². The average molecular weight is 248 g/mol. The molecule has 0 aromatic carbocycles. The Morgan fingerprint density at radius 2 is 2.20 bits per heavy atom. The van der Waals surface area contributed by atoms with Crippen molar-refractivity contribution in [2.75, 3.05) is 18.8 Å². The molecule has 0 fully saturated rings. The average Bonchev–Trinajstić information content (AvgIpc) is 2.70. The van der Waals surface area contributed by atoms with Gasteiger partial charge in [0.1, 0.15) is 0 Å². The fourth-order valence-electron chi connectivity index (χ4n) is 1.02. The lowest BCUT2D eigenvalue weighted by molar-refractivity contribution is 0.577. The van der Waals surface area contributed by atoms with E-state index in [1.807, 2.05) is 11.4 Å². The maximum absolute atomic E-state index is 11.1. The van der Waals surface area contributed by atoms with E-state index in [1.54, 1.807) is 18.3 Å². The fraction of sp³-hybridized carbons (Fsp3) is 0.556. The van der Waals surface area contributed by atoms with Crippen LogP contribution in [0.5, 0.6) is 0 Å². The van der Waals surface area contributed by atoms with Gasteiger partial charge >= 0.3 is 0 Å². The molecule has 0 aliphatic carbocycles. The smallest absolute Gasteiger partial charge is 0.211 e. The molecule has 0 bridgehead atoms. The number of nitrogens with one attached hydrogen (secondary N) is 2. The molecular formula is C9H16N2O2S2. The molecule has 1 aromatic heterocycles. The molecule has 15 heavy (non-hydrogen) atoms. The first kappa shape index (κ1) is 12.6. The third-order valence-electron chi connectivity index (χ3n) is 1.91. The van der Waals surface area contributed by atoms with Crippen LogP contribution >= 0.6 is 11.3 Å². The molecule has 0 saturated heterocycles. The van der Waals surface area contributed by atoms with Crippen molar-refractivity contribution in [3.63, 3.8) is 0 Å². The molecule has 0 unspecified atom stereocenters. The summed E-state index contributed by atoms with van der Waals surface area (Å²) in [7, 11) is -3.04. The van der Waals surface area contributed by atoms with E-state index in [-0.39, 0.29) is 5.75 Å². The van der Waals surface area contributed by atoms with Gasteiger partial charge in [0.25, 0.3) is 0 Å². The van der Waals surface area contributed by atoms with E-state index in [4.69, 9.17) is 0 Å². The Morgan fingerprint density at radius 1 is 1.40 bits per heavy atom. The lowest BCUT2D eigenvalue weighted by Crippen LogP contribution is -2.32. The van der Waals surface area contributed by atoms with E-state index < -0.39 is 10.0 Å². The van der Waals surface area contributed by atoms with Crippen LogP contribution < -0.4 is 10.0 Å². The van der Waals surface area contributed by atoms with Crippen molar-refractivity contribution in [3.05, 3.63) is 22.4 Å². The van der Waals surface area contributed by atoms with Crippen LogP contribution in [0.4, 0.5) is 0 Å². The van der Waals surface area contributed by atoms with Gasteiger partial charge in [0, 0.05) is 19.6 Å². The third-order valence-corrected chi connectivity index (χ3v) is 4.05. The summed E-state index contributed by atoms with van der Waals surface area (Å²) in [5, 5.41) is 7.26. The zero-order valence-corrected chi connectivity index (χ0v) is 10.3. The van der Waals surface area contributed by atoms with Gasteiger partial charge in [0.2, 0.25) is 10.0 Å². The highest BCUT2D eigenvalue weighted by atomic mass is 32.2. The molecule has 4 nitrogen and oxygen atoms in total. The van der Waals surface area contributed by atoms with Gasteiger partial charge in [-0.2, -0.15) is 11.3 Å². The summed E-state index contributed by atoms with van der Waals surface area (Å²) in [6.07, 6.45) is 0. The minimum Gasteiger partial charge on any atom is -0.311 e. The molecule has 1 aromatic rings. The number of hydrogen-bond donors (Lipinski definition) is 2. The van der Waals surface area contributed by atoms with Crippen LogP contribution in [0.1, 0.15) is 12.5 Å². The zero-order chi connectivity index (χ0) is 11.1. The van der Waals surface area contributed by atoms with Crippen LogP contribution in [0.3, 0.4) is 0 Å². The lowest BCUT2D eigenvalue weighted by atomic mass is 10.3. The molecule has 0 saturated carbocycles. The van der Waals surface area contributed by atoms with Crippen molar-refractivity contribution in [3.8, 4) is 0 Å². The van der Waals surface area contributed by atoms with Gasteiger partial charge in [-0.3, -0.25) is 0 Å². The van der Waals surface area contributed by atoms with Crippen LogP contribution in [-0.2, 0) is 16.6 Å². The lowest BCUT2D eigenvalue weighted by Gasteiger charge is -2.05. The van der Waals surface area contributed by atoms with E-state index in [0.717, 1.165) is 6.54 Å². The second kappa shape index (κ2) is 6.22. The summed E-state index contributed by atoms with van der Waals surface area (Å²) in [5.74, 6) is 0.136. The van der Waals surface area contributed by atoms with Crippen molar-refractivity contribution >= 4 is 21.4 Å². The van der Waals surface area contributed by atoms with Crippen LogP contribution in [0.25, 0.3) is 0 Å². The molecule has 6 heteroatoms. The first-order chi connectivity index (χ1) is 7.14. The van der Waals surface area contributed by atoms with Crippen LogP contribution in [0, 0.1) is 0 Å². The van der Waals surface area contributed by atoms with E-state index >= 15 is 0 Å². The highest BCUT2D eigenvalue weighted by Gasteiger charge is 2.03. The van der Waals surface area contributed by atoms with Gasteiger partial charge in [-0.15, -0.1) is 0 Å². The Hall–Kier alpha value is -0.430. The second-order valence-corrected chi connectivity index (χ2v) is 5.98. The Kier molecular flexibility index (Phi) is 5.24. The molecule has 0 radical (unpaired) electrons.